The highest BCUT2D eigenvalue weighted by molar-refractivity contribution is 5.99. The Hall–Kier alpha value is -3.75. The van der Waals surface area contributed by atoms with Gasteiger partial charge in [0, 0.05) is 5.69 Å². The van der Waals surface area contributed by atoms with Crippen LogP contribution in [-0.2, 0) is 14.3 Å². The van der Waals surface area contributed by atoms with Crippen molar-refractivity contribution in [3.63, 3.8) is 0 Å². The van der Waals surface area contributed by atoms with Gasteiger partial charge >= 0.3 is 6.09 Å². The van der Waals surface area contributed by atoms with Gasteiger partial charge in [0.05, 0.1) is 24.4 Å². The maximum absolute atomic E-state index is 12.5. The molecule has 0 aromatic heterocycles. The standard InChI is InChI=1S/C21H25N5O4/c1-14(2)13-30-21(29)24-18(12-19(22)27)20(28)23-15-8-10-17(11-9-15)26-25-16-6-4-3-5-7-16/h3-11,14,18H,12-13H2,1-2H3,(H2,22,27)(H,23,28)(H,24,29)/t18-/m0/s1. The summed E-state index contributed by atoms with van der Waals surface area (Å²) in [5, 5.41) is 13.2. The minimum atomic E-state index is -1.15. The largest absolute Gasteiger partial charge is 0.449 e. The van der Waals surface area contributed by atoms with Crippen LogP contribution < -0.4 is 16.4 Å². The maximum atomic E-state index is 12.5. The number of alkyl carbamates (subject to hydrolysis) is 1. The summed E-state index contributed by atoms with van der Waals surface area (Å²) >= 11 is 0. The number of nitrogens with one attached hydrogen (secondary N) is 2. The molecule has 158 valence electrons. The van der Waals surface area contributed by atoms with Crippen molar-refractivity contribution in [1.29, 1.82) is 0 Å². The van der Waals surface area contributed by atoms with Crippen molar-refractivity contribution in [2.45, 2.75) is 26.3 Å². The number of hydrogen-bond donors (Lipinski definition) is 3. The van der Waals surface area contributed by atoms with E-state index in [1.54, 1.807) is 24.3 Å². The molecule has 0 saturated carbocycles. The lowest BCUT2D eigenvalue weighted by Gasteiger charge is -2.17. The highest BCUT2D eigenvalue weighted by atomic mass is 16.5. The number of nitrogens with zero attached hydrogens (tertiary/aromatic N) is 2. The second kappa shape index (κ2) is 11.3. The van der Waals surface area contributed by atoms with Crippen LogP contribution in [0.1, 0.15) is 20.3 Å². The molecule has 3 amide bonds. The Morgan fingerprint density at radius 1 is 0.967 bits per heavy atom. The predicted molar refractivity (Wildman–Crippen MR) is 113 cm³/mol. The topological polar surface area (TPSA) is 135 Å². The third-order valence-corrected chi connectivity index (χ3v) is 3.73. The average molecular weight is 411 g/mol. The summed E-state index contributed by atoms with van der Waals surface area (Å²) in [5.74, 6) is -1.18. The summed E-state index contributed by atoms with van der Waals surface area (Å²) in [5.41, 5.74) is 6.97. The van der Waals surface area contributed by atoms with Gasteiger partial charge < -0.3 is 21.1 Å². The second-order valence-electron chi connectivity index (χ2n) is 6.93. The molecule has 2 aromatic rings. The Kier molecular flexibility index (Phi) is 8.49. The third-order valence-electron chi connectivity index (χ3n) is 3.73. The van der Waals surface area contributed by atoms with Crippen molar-refractivity contribution in [2.24, 2.45) is 21.9 Å². The van der Waals surface area contributed by atoms with Crippen molar-refractivity contribution in [3.05, 3.63) is 54.6 Å². The van der Waals surface area contributed by atoms with Gasteiger partial charge in [0.15, 0.2) is 0 Å². The van der Waals surface area contributed by atoms with Crippen molar-refractivity contribution < 1.29 is 19.1 Å². The molecule has 1 atom stereocenters. The molecule has 2 aromatic carbocycles. The molecule has 0 aliphatic carbocycles. The average Bonchev–Trinajstić information content (AvgIpc) is 2.71. The molecule has 4 N–H and O–H groups in total. The lowest BCUT2D eigenvalue weighted by molar-refractivity contribution is -0.123. The van der Waals surface area contributed by atoms with Crippen LogP contribution in [0.5, 0.6) is 0 Å². The van der Waals surface area contributed by atoms with Gasteiger partial charge in [0.25, 0.3) is 0 Å². The second-order valence-corrected chi connectivity index (χ2v) is 6.93. The number of amides is 3. The van der Waals surface area contributed by atoms with E-state index in [-0.39, 0.29) is 18.9 Å². The van der Waals surface area contributed by atoms with E-state index in [9.17, 15) is 14.4 Å². The van der Waals surface area contributed by atoms with Gasteiger partial charge in [-0.25, -0.2) is 4.79 Å². The molecule has 0 bridgehead atoms. The van der Waals surface area contributed by atoms with Gasteiger partial charge in [0.1, 0.15) is 6.04 Å². The highest BCUT2D eigenvalue weighted by Gasteiger charge is 2.24. The Morgan fingerprint density at radius 3 is 2.13 bits per heavy atom. The van der Waals surface area contributed by atoms with E-state index >= 15 is 0 Å². The summed E-state index contributed by atoms with van der Waals surface area (Å²) in [4.78, 5) is 35.6. The number of benzene rings is 2. The molecule has 0 unspecified atom stereocenters. The summed E-state index contributed by atoms with van der Waals surface area (Å²) in [7, 11) is 0. The molecular formula is C21H25N5O4. The van der Waals surface area contributed by atoms with Crippen molar-refractivity contribution in [1.82, 2.24) is 5.32 Å². The number of primary amides is 1. The number of azo groups is 1. The van der Waals surface area contributed by atoms with Crippen molar-refractivity contribution >= 4 is 35.0 Å². The molecule has 0 saturated heterocycles. The molecule has 9 nitrogen and oxygen atoms in total. The lowest BCUT2D eigenvalue weighted by atomic mass is 10.1. The molecule has 0 aliphatic rings. The van der Waals surface area contributed by atoms with Crippen LogP contribution in [0.15, 0.2) is 64.8 Å². The molecule has 0 aliphatic heterocycles. The molecule has 30 heavy (non-hydrogen) atoms. The van der Waals surface area contributed by atoms with Crippen LogP contribution in [0.25, 0.3) is 0 Å². The SMILES string of the molecule is CC(C)COC(=O)N[C@@H](CC(N)=O)C(=O)Nc1ccc(N=Nc2ccccc2)cc1. The van der Waals surface area contributed by atoms with E-state index in [0.717, 1.165) is 5.69 Å². The van der Waals surface area contributed by atoms with E-state index in [0.29, 0.717) is 11.4 Å². The normalized spacial score (nSPS) is 11.8. The molecule has 2 rings (SSSR count). The smallest absolute Gasteiger partial charge is 0.407 e. The summed E-state index contributed by atoms with van der Waals surface area (Å²) in [6.45, 7) is 3.95. The lowest BCUT2D eigenvalue weighted by Crippen LogP contribution is -2.46. The van der Waals surface area contributed by atoms with Crippen LogP contribution in [0.3, 0.4) is 0 Å². The number of rotatable bonds is 9. The van der Waals surface area contributed by atoms with E-state index in [1.165, 1.54) is 0 Å². The summed E-state index contributed by atoms with van der Waals surface area (Å²) in [6.07, 6.45) is -1.15. The van der Waals surface area contributed by atoms with Gasteiger partial charge in [-0.05, 0) is 42.3 Å². The fourth-order valence-electron chi connectivity index (χ4n) is 2.29. The van der Waals surface area contributed by atoms with E-state index in [2.05, 4.69) is 20.9 Å². The van der Waals surface area contributed by atoms with Crippen molar-refractivity contribution in [2.75, 3.05) is 11.9 Å². The highest BCUT2D eigenvalue weighted by Crippen LogP contribution is 2.20. The number of nitrogens with two attached hydrogens (primary N) is 1. The maximum Gasteiger partial charge on any atom is 0.407 e. The van der Waals surface area contributed by atoms with E-state index < -0.39 is 23.9 Å². The van der Waals surface area contributed by atoms with Gasteiger partial charge in [-0.1, -0.05) is 32.0 Å². The molecule has 0 radical (unpaired) electrons. The molecule has 9 heteroatoms. The van der Waals surface area contributed by atoms with E-state index in [4.69, 9.17) is 10.5 Å². The van der Waals surface area contributed by atoms with Crippen LogP contribution in [-0.4, -0.2) is 30.6 Å². The Balaban J connectivity index is 1.97. The monoisotopic (exact) mass is 411 g/mol. The number of carbonyl (C=O) groups is 3. The minimum Gasteiger partial charge on any atom is -0.449 e. The van der Waals surface area contributed by atoms with Crippen LogP contribution in [0, 0.1) is 5.92 Å². The zero-order chi connectivity index (χ0) is 21.9. The molecular weight excluding hydrogens is 386 g/mol. The Bertz CT molecular complexity index is 882. The summed E-state index contributed by atoms with van der Waals surface area (Å²) in [6, 6.07) is 14.7. The molecule has 0 spiro atoms. The number of hydrogen-bond acceptors (Lipinski definition) is 6. The minimum absolute atomic E-state index is 0.136. The van der Waals surface area contributed by atoms with Crippen LogP contribution >= 0.6 is 0 Å². The first-order valence-electron chi connectivity index (χ1n) is 9.43. The van der Waals surface area contributed by atoms with Gasteiger partial charge in [-0.2, -0.15) is 10.2 Å². The summed E-state index contributed by atoms with van der Waals surface area (Å²) < 4.78 is 4.99. The molecule has 0 fully saturated rings. The Morgan fingerprint density at radius 2 is 1.57 bits per heavy atom. The number of carbonyl (C=O) groups excluding carboxylic acids is 3. The fraction of sp³-hybridized carbons (Fsp3) is 0.286. The Labute approximate surface area is 174 Å². The first-order chi connectivity index (χ1) is 14.3. The quantitative estimate of drug-likeness (QED) is 0.542. The van der Waals surface area contributed by atoms with Gasteiger partial charge in [0.2, 0.25) is 11.8 Å². The zero-order valence-corrected chi connectivity index (χ0v) is 16.9. The first-order valence-corrected chi connectivity index (χ1v) is 9.43. The zero-order valence-electron chi connectivity index (χ0n) is 16.9. The third kappa shape index (κ3) is 8.09. The van der Waals surface area contributed by atoms with E-state index in [1.807, 2.05) is 44.2 Å². The number of ether oxygens (including phenoxy) is 1. The number of anilines is 1. The van der Waals surface area contributed by atoms with Crippen LogP contribution in [0.2, 0.25) is 0 Å². The first kappa shape index (κ1) is 22.5. The fourth-order valence-corrected chi connectivity index (χ4v) is 2.29. The molecule has 0 heterocycles. The predicted octanol–water partition coefficient (Wildman–Crippen LogP) is 3.67. The van der Waals surface area contributed by atoms with Gasteiger partial charge in [-0.15, -0.1) is 0 Å². The van der Waals surface area contributed by atoms with Crippen LogP contribution in [0.4, 0.5) is 21.9 Å². The van der Waals surface area contributed by atoms with Crippen molar-refractivity contribution in [3.8, 4) is 0 Å². The van der Waals surface area contributed by atoms with Gasteiger partial charge in [-0.3, -0.25) is 9.59 Å².